The van der Waals surface area contributed by atoms with E-state index in [4.69, 9.17) is 10.5 Å². The molecular formula is C18H31N5O4. The Kier molecular flexibility index (Phi) is 8.21. The van der Waals surface area contributed by atoms with Gasteiger partial charge in [0, 0.05) is 39.0 Å². The third kappa shape index (κ3) is 6.30. The Balaban J connectivity index is 1.61. The molecule has 1 saturated heterocycles. The minimum atomic E-state index is -0.404. The van der Waals surface area contributed by atoms with Crippen LogP contribution < -0.4 is 5.73 Å². The molecule has 0 unspecified atom stereocenters. The molecule has 1 aromatic heterocycles. The van der Waals surface area contributed by atoms with Crippen LogP contribution in [0.4, 0.5) is 0 Å². The zero-order valence-electron chi connectivity index (χ0n) is 16.5. The number of aromatic nitrogens is 2. The predicted molar refractivity (Wildman–Crippen MR) is 100 cm³/mol. The summed E-state index contributed by atoms with van der Waals surface area (Å²) in [5.41, 5.74) is 6.54. The molecule has 1 aliphatic heterocycles. The molecule has 2 heterocycles. The maximum Gasteiger partial charge on any atom is 0.341 e. The van der Waals surface area contributed by atoms with Crippen molar-refractivity contribution in [1.82, 2.24) is 19.6 Å². The smallest absolute Gasteiger partial charge is 0.341 e. The van der Waals surface area contributed by atoms with Gasteiger partial charge in [0.05, 0.1) is 37.9 Å². The van der Waals surface area contributed by atoms with Gasteiger partial charge < -0.3 is 25.0 Å². The van der Waals surface area contributed by atoms with Crippen molar-refractivity contribution in [3.63, 3.8) is 0 Å². The number of ether oxygens (including phenoxy) is 2. The maximum atomic E-state index is 12.6. The molecule has 1 amide bonds. The van der Waals surface area contributed by atoms with Gasteiger partial charge in [-0.2, -0.15) is 5.10 Å². The summed E-state index contributed by atoms with van der Waals surface area (Å²) in [6, 6.07) is -0.0589. The molecule has 2 rings (SSSR count). The van der Waals surface area contributed by atoms with Gasteiger partial charge in [0.15, 0.2) is 0 Å². The van der Waals surface area contributed by atoms with Crippen LogP contribution in [-0.4, -0.2) is 91.6 Å². The van der Waals surface area contributed by atoms with Crippen LogP contribution in [0, 0.1) is 5.92 Å². The molecule has 1 aliphatic rings. The fourth-order valence-electron chi connectivity index (χ4n) is 3.16. The van der Waals surface area contributed by atoms with E-state index in [2.05, 4.69) is 14.7 Å². The number of hydrogen-bond donors (Lipinski definition) is 1. The van der Waals surface area contributed by atoms with Crippen molar-refractivity contribution >= 4 is 11.9 Å². The molecule has 0 spiro atoms. The number of rotatable bonds is 9. The van der Waals surface area contributed by atoms with Crippen LogP contribution in [0.2, 0.25) is 0 Å². The largest absolute Gasteiger partial charge is 0.465 e. The van der Waals surface area contributed by atoms with Crippen molar-refractivity contribution < 1.29 is 19.1 Å². The van der Waals surface area contributed by atoms with Gasteiger partial charge in [-0.3, -0.25) is 9.48 Å². The maximum absolute atomic E-state index is 12.6. The lowest BCUT2D eigenvalue weighted by molar-refractivity contribution is -0.136. The Morgan fingerprint density at radius 2 is 2.19 bits per heavy atom. The lowest BCUT2D eigenvalue weighted by Crippen LogP contribution is -2.52. The molecule has 2 N–H and O–H groups in total. The van der Waals surface area contributed by atoms with Gasteiger partial charge in [-0.15, -0.1) is 0 Å². The van der Waals surface area contributed by atoms with Crippen LogP contribution >= 0.6 is 0 Å². The van der Waals surface area contributed by atoms with Gasteiger partial charge in [0.1, 0.15) is 0 Å². The number of hydrogen-bond acceptors (Lipinski definition) is 7. The lowest BCUT2D eigenvalue weighted by Gasteiger charge is -2.35. The third-order valence-corrected chi connectivity index (χ3v) is 4.86. The standard InChI is InChI=1S/C18H31N5O4/c1-21-7-5-16(19)15(13-21)17(24)22(2)6-4-9-27-10-8-23-12-14(11-20-23)18(25)26-3/h11-12,15-16H,4-10,13,19H2,1-3H3/t15-,16-/m0/s1. The third-order valence-electron chi connectivity index (χ3n) is 4.86. The molecule has 0 aliphatic carbocycles. The second-order valence-corrected chi connectivity index (χ2v) is 7.03. The van der Waals surface area contributed by atoms with E-state index in [1.807, 2.05) is 14.1 Å². The van der Waals surface area contributed by atoms with Gasteiger partial charge in [-0.25, -0.2) is 4.79 Å². The topological polar surface area (TPSA) is 103 Å². The van der Waals surface area contributed by atoms with Crippen molar-refractivity contribution in [3.05, 3.63) is 18.0 Å². The Morgan fingerprint density at radius 3 is 2.93 bits per heavy atom. The monoisotopic (exact) mass is 381 g/mol. The SMILES string of the molecule is COC(=O)c1cnn(CCOCCCN(C)C(=O)[C@H]2CN(C)CC[C@@H]2N)c1. The molecule has 9 nitrogen and oxygen atoms in total. The number of piperidine rings is 1. The zero-order chi connectivity index (χ0) is 19.8. The van der Waals surface area contributed by atoms with Crippen LogP contribution in [0.5, 0.6) is 0 Å². The minimum absolute atomic E-state index is 0.0589. The highest BCUT2D eigenvalue weighted by molar-refractivity contribution is 5.88. The Labute approximate surface area is 160 Å². The Bertz CT molecular complexity index is 621. The average molecular weight is 381 g/mol. The lowest BCUT2D eigenvalue weighted by atomic mass is 9.92. The van der Waals surface area contributed by atoms with E-state index in [0.29, 0.717) is 31.9 Å². The molecule has 1 fully saturated rings. The van der Waals surface area contributed by atoms with Gasteiger partial charge in [-0.1, -0.05) is 0 Å². The van der Waals surface area contributed by atoms with E-state index < -0.39 is 5.97 Å². The fraction of sp³-hybridized carbons (Fsp3) is 0.722. The van der Waals surface area contributed by atoms with Crippen LogP contribution in [-0.2, 0) is 20.8 Å². The normalized spacial score (nSPS) is 20.4. The van der Waals surface area contributed by atoms with Crippen molar-refractivity contribution in [2.75, 3.05) is 54.1 Å². The summed E-state index contributed by atoms with van der Waals surface area (Å²) in [5, 5.41) is 4.09. The zero-order valence-corrected chi connectivity index (χ0v) is 16.5. The molecule has 0 bridgehead atoms. The van der Waals surface area contributed by atoms with Crippen molar-refractivity contribution in [2.45, 2.75) is 25.4 Å². The van der Waals surface area contributed by atoms with Crippen LogP contribution in [0.1, 0.15) is 23.2 Å². The molecule has 9 heteroatoms. The molecular weight excluding hydrogens is 350 g/mol. The average Bonchev–Trinajstić information content (AvgIpc) is 3.14. The predicted octanol–water partition coefficient (Wildman–Crippen LogP) is -0.186. The van der Waals surface area contributed by atoms with Crippen LogP contribution in [0.15, 0.2) is 12.4 Å². The van der Waals surface area contributed by atoms with Crippen molar-refractivity contribution in [2.24, 2.45) is 11.7 Å². The molecule has 2 atom stereocenters. The van der Waals surface area contributed by atoms with E-state index in [9.17, 15) is 9.59 Å². The summed E-state index contributed by atoms with van der Waals surface area (Å²) in [5.74, 6) is -0.418. The van der Waals surface area contributed by atoms with Crippen LogP contribution in [0.25, 0.3) is 0 Å². The summed E-state index contributed by atoms with van der Waals surface area (Å²) in [6.07, 6.45) is 4.72. The van der Waals surface area contributed by atoms with Gasteiger partial charge >= 0.3 is 5.97 Å². The van der Waals surface area contributed by atoms with Crippen molar-refractivity contribution in [1.29, 1.82) is 0 Å². The van der Waals surface area contributed by atoms with Gasteiger partial charge in [-0.05, 0) is 26.4 Å². The number of nitrogens with zero attached hydrogens (tertiary/aromatic N) is 4. The summed E-state index contributed by atoms with van der Waals surface area (Å²) in [4.78, 5) is 27.8. The summed E-state index contributed by atoms with van der Waals surface area (Å²) in [6.45, 7) is 3.89. The first-order chi connectivity index (χ1) is 12.9. The molecule has 152 valence electrons. The van der Waals surface area contributed by atoms with Crippen LogP contribution in [0.3, 0.4) is 0 Å². The van der Waals surface area contributed by atoms with E-state index in [-0.39, 0.29) is 17.9 Å². The molecule has 0 aromatic carbocycles. The molecule has 0 saturated carbocycles. The highest BCUT2D eigenvalue weighted by atomic mass is 16.5. The number of esters is 1. The summed E-state index contributed by atoms with van der Waals surface area (Å²) >= 11 is 0. The fourth-order valence-corrected chi connectivity index (χ4v) is 3.16. The van der Waals surface area contributed by atoms with E-state index >= 15 is 0 Å². The highest BCUT2D eigenvalue weighted by Gasteiger charge is 2.32. The first-order valence-electron chi connectivity index (χ1n) is 9.30. The van der Waals surface area contributed by atoms with E-state index in [1.165, 1.54) is 13.3 Å². The molecule has 27 heavy (non-hydrogen) atoms. The first kappa shape index (κ1) is 21.3. The minimum Gasteiger partial charge on any atom is -0.465 e. The van der Waals surface area contributed by atoms with Gasteiger partial charge in [0.2, 0.25) is 5.91 Å². The first-order valence-corrected chi connectivity index (χ1v) is 9.30. The number of amides is 1. The van der Waals surface area contributed by atoms with E-state index in [0.717, 1.165) is 25.9 Å². The number of methoxy groups -OCH3 is 1. The second-order valence-electron chi connectivity index (χ2n) is 7.03. The second kappa shape index (κ2) is 10.4. The quantitative estimate of drug-likeness (QED) is 0.467. The molecule has 0 radical (unpaired) electrons. The Morgan fingerprint density at radius 1 is 1.41 bits per heavy atom. The van der Waals surface area contributed by atoms with Crippen molar-refractivity contribution in [3.8, 4) is 0 Å². The highest BCUT2D eigenvalue weighted by Crippen LogP contribution is 2.16. The van der Waals surface area contributed by atoms with E-state index in [1.54, 1.807) is 15.8 Å². The van der Waals surface area contributed by atoms with Gasteiger partial charge in [0.25, 0.3) is 0 Å². The number of carbonyl (C=O) groups excluding carboxylic acids is 2. The number of carbonyl (C=O) groups is 2. The molecule has 1 aromatic rings. The summed E-state index contributed by atoms with van der Waals surface area (Å²) < 4.78 is 11.9. The summed E-state index contributed by atoms with van der Waals surface area (Å²) in [7, 11) is 5.18. The number of likely N-dealkylation sites (tertiary alicyclic amines) is 1. The Hall–Kier alpha value is -1.97. The number of nitrogens with two attached hydrogens (primary N) is 1.